The maximum absolute atomic E-state index is 10.8. The first-order valence-corrected chi connectivity index (χ1v) is 5.38. The average Bonchev–Trinajstić information content (AvgIpc) is 2.54. The molecular weight excluding hydrogens is 218 g/mol. The summed E-state index contributed by atoms with van der Waals surface area (Å²) in [6, 6.07) is 7.30. The summed E-state index contributed by atoms with van der Waals surface area (Å²) >= 11 is 0. The zero-order chi connectivity index (χ0) is 12.7. The summed E-state index contributed by atoms with van der Waals surface area (Å²) in [6.07, 6.45) is -1.37. The van der Waals surface area contributed by atoms with Gasteiger partial charge in [-0.3, -0.25) is 0 Å². The average molecular weight is 232 g/mol. The number of carboxylic acid groups (broad SMARTS) is 1. The van der Waals surface area contributed by atoms with Crippen molar-refractivity contribution in [2.75, 3.05) is 0 Å². The lowest BCUT2D eigenvalue weighted by atomic mass is 9.87. The van der Waals surface area contributed by atoms with Gasteiger partial charge in [0.15, 0.2) is 0 Å². The van der Waals surface area contributed by atoms with Gasteiger partial charge in [-0.25, -0.2) is 9.98 Å². The number of nitrogens with zero attached hydrogens (tertiary/aromatic N) is 2. The fourth-order valence-corrected chi connectivity index (χ4v) is 1.75. The molecule has 0 aromatic heterocycles. The number of hydrogen-bond acceptors (Lipinski definition) is 4. The third kappa shape index (κ3) is 1.88. The van der Waals surface area contributed by atoms with Crippen molar-refractivity contribution in [3.05, 3.63) is 35.0 Å². The molecule has 1 amide bonds. The van der Waals surface area contributed by atoms with Gasteiger partial charge in [-0.1, -0.05) is 32.9 Å². The lowest BCUT2D eigenvalue weighted by Gasteiger charge is -2.37. The van der Waals surface area contributed by atoms with Crippen LogP contribution in [-0.4, -0.2) is 11.9 Å². The first kappa shape index (κ1) is 11.6. The van der Waals surface area contributed by atoms with Gasteiger partial charge < -0.3 is 15.2 Å². The number of benzene rings is 1. The molecule has 5 heteroatoms. The van der Waals surface area contributed by atoms with Gasteiger partial charge in [0, 0.05) is 5.41 Å². The summed E-state index contributed by atoms with van der Waals surface area (Å²) in [4.78, 5) is 19.6. The molecule has 1 N–H and O–H groups in total. The summed E-state index contributed by atoms with van der Waals surface area (Å²) in [5.74, 6) is -1.20. The van der Waals surface area contributed by atoms with Crippen LogP contribution in [0.5, 0.6) is 0 Å². The maximum Gasteiger partial charge on any atom is 0.231 e. The summed E-state index contributed by atoms with van der Waals surface area (Å²) in [5, 5.41) is 14.5. The number of carbonyl (C=O) groups excluding carboxylic acids is 1. The molecule has 0 bridgehead atoms. The van der Waals surface area contributed by atoms with E-state index >= 15 is 0 Å². The molecule has 17 heavy (non-hydrogen) atoms. The minimum atomic E-state index is -1.37. The molecule has 1 heterocycles. The number of carbonyl (C=O) groups is 1. The van der Waals surface area contributed by atoms with Crippen LogP contribution in [0.3, 0.4) is 0 Å². The van der Waals surface area contributed by atoms with Gasteiger partial charge >= 0.3 is 0 Å². The van der Waals surface area contributed by atoms with Crippen molar-refractivity contribution in [1.82, 2.24) is 5.32 Å². The van der Waals surface area contributed by atoms with E-state index in [9.17, 15) is 9.90 Å². The Bertz CT molecular complexity index is 537. The molecule has 1 aliphatic heterocycles. The molecule has 1 aliphatic rings. The van der Waals surface area contributed by atoms with Gasteiger partial charge in [0.2, 0.25) is 5.79 Å². The Hall–Kier alpha value is -1.91. The van der Waals surface area contributed by atoms with Crippen LogP contribution in [0.1, 0.15) is 20.8 Å². The Kier molecular flexibility index (Phi) is 2.41. The molecule has 0 spiro atoms. The van der Waals surface area contributed by atoms with Crippen molar-refractivity contribution >= 4 is 6.09 Å². The molecule has 5 nitrogen and oxygen atoms in total. The second-order valence-electron chi connectivity index (χ2n) is 5.05. The van der Waals surface area contributed by atoms with E-state index in [0.717, 1.165) is 0 Å². The number of rotatable bonds is 1. The zero-order valence-electron chi connectivity index (χ0n) is 10.0. The number of para-hydroxylation sites is 2. The van der Waals surface area contributed by atoms with E-state index in [0.29, 0.717) is 10.7 Å². The number of hydrogen-bond donors (Lipinski definition) is 1. The number of fused-ring (bicyclic) bond motifs is 1. The first-order chi connectivity index (χ1) is 7.84. The van der Waals surface area contributed by atoms with Crippen LogP contribution in [0.4, 0.5) is 4.79 Å². The molecule has 0 saturated carbocycles. The van der Waals surface area contributed by atoms with E-state index in [2.05, 4.69) is 15.3 Å². The Morgan fingerprint density at radius 3 is 2.06 bits per heavy atom. The van der Waals surface area contributed by atoms with Crippen molar-refractivity contribution < 1.29 is 9.90 Å². The molecule has 1 aromatic carbocycles. The topological polar surface area (TPSA) is 76.9 Å². The normalized spacial score (nSPS) is 16.6. The molecule has 0 atom stereocenters. The van der Waals surface area contributed by atoms with Crippen LogP contribution >= 0.6 is 0 Å². The maximum atomic E-state index is 10.8. The van der Waals surface area contributed by atoms with Gasteiger partial charge in [0.05, 0.1) is 10.7 Å². The summed E-state index contributed by atoms with van der Waals surface area (Å²) in [6.45, 7) is 5.63. The van der Waals surface area contributed by atoms with Crippen molar-refractivity contribution in [1.29, 1.82) is 0 Å². The highest BCUT2D eigenvalue weighted by molar-refractivity contribution is 5.63. The number of amides is 1. The zero-order valence-corrected chi connectivity index (χ0v) is 10.0. The molecule has 0 aliphatic carbocycles. The lowest BCUT2D eigenvalue weighted by Crippen LogP contribution is -2.57. The first-order valence-electron chi connectivity index (χ1n) is 5.38. The van der Waals surface area contributed by atoms with Crippen LogP contribution in [-0.2, 0) is 0 Å². The summed E-state index contributed by atoms with van der Waals surface area (Å²) < 4.78 is 0. The van der Waals surface area contributed by atoms with E-state index in [-0.39, 0.29) is 0 Å². The van der Waals surface area contributed by atoms with Crippen LogP contribution < -0.4 is 21.1 Å². The highest BCUT2D eigenvalue weighted by Crippen LogP contribution is 2.33. The third-order valence-corrected chi connectivity index (χ3v) is 2.77. The standard InChI is InChI=1S/C12H15N3O2/c1-11(2,3)12(15-10(16)17)13-8-6-4-5-7-9(8)14-12/h4-7,15H,1-3H3,(H,16,17)/p-1. The van der Waals surface area contributed by atoms with Crippen molar-refractivity contribution in [3.8, 4) is 0 Å². The fourth-order valence-electron chi connectivity index (χ4n) is 1.75. The van der Waals surface area contributed by atoms with Crippen molar-refractivity contribution in [2.24, 2.45) is 15.4 Å². The lowest BCUT2D eigenvalue weighted by molar-refractivity contribution is -0.254. The van der Waals surface area contributed by atoms with Crippen LogP contribution in [0.25, 0.3) is 0 Å². The molecule has 0 fully saturated rings. The summed E-state index contributed by atoms with van der Waals surface area (Å²) in [5.41, 5.74) is -0.480. The van der Waals surface area contributed by atoms with Crippen molar-refractivity contribution in [2.45, 2.75) is 26.6 Å². The van der Waals surface area contributed by atoms with E-state index in [1.165, 1.54) is 0 Å². The predicted octanol–water partition coefficient (Wildman–Crippen LogP) is -0.428. The van der Waals surface area contributed by atoms with Gasteiger partial charge in [0.1, 0.15) is 6.09 Å². The second-order valence-corrected chi connectivity index (χ2v) is 5.05. The van der Waals surface area contributed by atoms with E-state index in [4.69, 9.17) is 0 Å². The third-order valence-electron chi connectivity index (χ3n) is 2.77. The Morgan fingerprint density at radius 2 is 1.71 bits per heavy atom. The van der Waals surface area contributed by atoms with Gasteiger partial charge in [-0.05, 0) is 12.1 Å². The molecule has 0 unspecified atom stereocenters. The molecule has 1 aromatic rings. The van der Waals surface area contributed by atoms with Gasteiger partial charge in [0.25, 0.3) is 0 Å². The van der Waals surface area contributed by atoms with E-state index in [1.807, 2.05) is 45.0 Å². The smallest absolute Gasteiger partial charge is 0.231 e. The Labute approximate surface area is 98.9 Å². The highest BCUT2D eigenvalue weighted by atomic mass is 16.4. The van der Waals surface area contributed by atoms with Crippen molar-refractivity contribution in [3.63, 3.8) is 0 Å². The second kappa shape index (κ2) is 3.55. The fraction of sp³-hybridized carbons (Fsp3) is 0.417. The Balaban J connectivity index is 2.62. The van der Waals surface area contributed by atoms with Gasteiger partial charge in [-0.2, -0.15) is 0 Å². The molecule has 0 saturated heterocycles. The van der Waals surface area contributed by atoms with E-state index < -0.39 is 17.3 Å². The van der Waals surface area contributed by atoms with Crippen LogP contribution in [0, 0.1) is 5.41 Å². The SMILES string of the molecule is CC(C)(C)C1(NC(=O)[O-])N=c2ccccc2=N1. The largest absolute Gasteiger partial charge is 0.530 e. The molecule has 90 valence electrons. The van der Waals surface area contributed by atoms with E-state index in [1.54, 1.807) is 0 Å². The monoisotopic (exact) mass is 232 g/mol. The Morgan fingerprint density at radius 1 is 1.24 bits per heavy atom. The molecule has 2 rings (SSSR count). The van der Waals surface area contributed by atoms with Crippen LogP contribution in [0.15, 0.2) is 34.3 Å². The molecule has 0 radical (unpaired) electrons. The summed E-state index contributed by atoms with van der Waals surface area (Å²) in [7, 11) is 0. The quantitative estimate of drug-likeness (QED) is 0.713. The van der Waals surface area contributed by atoms with Gasteiger partial charge in [-0.15, -0.1) is 0 Å². The number of nitrogens with one attached hydrogen (secondary N) is 1. The molecular formula is C12H14N3O2-. The minimum absolute atomic E-state index is 0.480. The predicted molar refractivity (Wildman–Crippen MR) is 59.5 cm³/mol. The minimum Gasteiger partial charge on any atom is -0.530 e. The highest BCUT2D eigenvalue weighted by Gasteiger charge is 2.43. The van der Waals surface area contributed by atoms with Crippen LogP contribution in [0.2, 0.25) is 0 Å².